The second kappa shape index (κ2) is 4.88. The molecule has 92 valence electrons. The zero-order valence-corrected chi connectivity index (χ0v) is 9.40. The lowest BCUT2D eigenvalue weighted by Crippen LogP contribution is -2.36. The molecule has 0 aliphatic rings. The number of alkyl halides is 3. The van der Waals surface area contributed by atoms with E-state index in [2.05, 4.69) is 4.37 Å². The molecule has 0 fully saturated rings. The minimum atomic E-state index is -4.32. The Morgan fingerprint density at radius 2 is 2.12 bits per heavy atom. The standard InChI is InChI=1S/C8H12F3N3OS/c1-5-6(12)13-16-7(5)14(2-3-15)4-8(9,10)11/h15H,2-4H2,1H3,(H2,12,13). The zero-order valence-electron chi connectivity index (χ0n) is 8.58. The normalized spacial score (nSPS) is 11.8. The van der Waals surface area contributed by atoms with Crippen molar-refractivity contribution in [1.82, 2.24) is 4.37 Å². The summed E-state index contributed by atoms with van der Waals surface area (Å²) in [6.45, 7) is 0.0419. The zero-order chi connectivity index (χ0) is 12.3. The molecule has 0 aromatic carbocycles. The largest absolute Gasteiger partial charge is 0.405 e. The molecule has 8 heteroatoms. The summed E-state index contributed by atoms with van der Waals surface area (Å²) in [6, 6.07) is 0. The molecule has 0 saturated carbocycles. The Balaban J connectivity index is 2.89. The second-order valence-electron chi connectivity index (χ2n) is 3.26. The molecule has 16 heavy (non-hydrogen) atoms. The number of aromatic nitrogens is 1. The van der Waals surface area contributed by atoms with Crippen LogP contribution in [0.25, 0.3) is 0 Å². The van der Waals surface area contributed by atoms with Gasteiger partial charge in [-0.25, -0.2) is 0 Å². The van der Waals surface area contributed by atoms with E-state index in [9.17, 15) is 13.2 Å². The van der Waals surface area contributed by atoms with Crippen LogP contribution < -0.4 is 10.6 Å². The van der Waals surface area contributed by atoms with Crippen molar-refractivity contribution in [2.45, 2.75) is 13.1 Å². The number of halogens is 3. The molecule has 0 aliphatic heterocycles. The number of hydrogen-bond donors (Lipinski definition) is 2. The van der Waals surface area contributed by atoms with E-state index in [1.165, 1.54) is 0 Å². The quantitative estimate of drug-likeness (QED) is 0.853. The fourth-order valence-corrected chi connectivity index (χ4v) is 2.06. The number of nitrogens with two attached hydrogens (primary N) is 1. The molecule has 0 radical (unpaired) electrons. The topological polar surface area (TPSA) is 62.4 Å². The summed E-state index contributed by atoms with van der Waals surface area (Å²) in [6.07, 6.45) is -4.32. The second-order valence-corrected chi connectivity index (χ2v) is 4.01. The number of rotatable bonds is 4. The number of anilines is 2. The van der Waals surface area contributed by atoms with E-state index in [4.69, 9.17) is 10.8 Å². The monoisotopic (exact) mass is 255 g/mol. The average Bonchev–Trinajstić information content (AvgIpc) is 2.45. The molecule has 1 aromatic rings. The fraction of sp³-hybridized carbons (Fsp3) is 0.625. The van der Waals surface area contributed by atoms with Crippen molar-refractivity contribution in [3.05, 3.63) is 5.56 Å². The Kier molecular flexibility index (Phi) is 3.98. The lowest BCUT2D eigenvalue weighted by atomic mass is 10.3. The highest BCUT2D eigenvalue weighted by Gasteiger charge is 2.32. The van der Waals surface area contributed by atoms with Crippen LogP contribution >= 0.6 is 11.5 Å². The highest BCUT2D eigenvalue weighted by molar-refractivity contribution is 7.10. The Morgan fingerprint density at radius 1 is 1.50 bits per heavy atom. The summed E-state index contributed by atoms with van der Waals surface area (Å²) in [7, 11) is 0. The van der Waals surface area contributed by atoms with Gasteiger partial charge in [-0.05, 0) is 18.5 Å². The van der Waals surface area contributed by atoms with E-state index < -0.39 is 12.7 Å². The summed E-state index contributed by atoms with van der Waals surface area (Å²) in [4.78, 5) is 1.03. The van der Waals surface area contributed by atoms with Crippen molar-refractivity contribution < 1.29 is 18.3 Å². The number of aliphatic hydroxyl groups excluding tert-OH is 1. The smallest absolute Gasteiger partial charge is 0.395 e. The average molecular weight is 255 g/mol. The summed E-state index contributed by atoms with van der Waals surface area (Å²) in [5.74, 6) is 0.227. The molecule has 0 aliphatic carbocycles. The molecular weight excluding hydrogens is 243 g/mol. The van der Waals surface area contributed by atoms with Crippen LogP contribution in [0.15, 0.2) is 0 Å². The summed E-state index contributed by atoms with van der Waals surface area (Å²) in [5.41, 5.74) is 5.98. The third-order valence-electron chi connectivity index (χ3n) is 1.96. The predicted octanol–water partition coefficient (Wildman–Crippen LogP) is 1.39. The van der Waals surface area contributed by atoms with Gasteiger partial charge >= 0.3 is 6.18 Å². The summed E-state index contributed by atoms with van der Waals surface area (Å²) in [5, 5.41) is 9.09. The minimum absolute atomic E-state index is 0.0953. The minimum Gasteiger partial charge on any atom is -0.395 e. The first kappa shape index (κ1) is 13.0. The first-order valence-corrected chi connectivity index (χ1v) is 5.27. The van der Waals surface area contributed by atoms with Gasteiger partial charge in [0.2, 0.25) is 0 Å². The Labute approximate surface area is 94.6 Å². The maximum Gasteiger partial charge on any atom is 0.405 e. The number of nitrogens with zero attached hydrogens (tertiary/aromatic N) is 2. The fourth-order valence-electron chi connectivity index (χ4n) is 1.22. The lowest BCUT2D eigenvalue weighted by molar-refractivity contribution is -0.119. The first-order valence-electron chi connectivity index (χ1n) is 4.49. The summed E-state index contributed by atoms with van der Waals surface area (Å²) < 4.78 is 40.6. The molecule has 0 spiro atoms. The SMILES string of the molecule is Cc1c(N)nsc1N(CCO)CC(F)(F)F. The van der Waals surface area contributed by atoms with Gasteiger partial charge in [0.25, 0.3) is 0 Å². The van der Waals surface area contributed by atoms with Crippen molar-refractivity contribution in [2.75, 3.05) is 30.3 Å². The number of nitrogen functional groups attached to an aromatic ring is 1. The highest BCUT2D eigenvalue weighted by atomic mass is 32.1. The predicted molar refractivity (Wildman–Crippen MR) is 56.6 cm³/mol. The van der Waals surface area contributed by atoms with Gasteiger partial charge in [0.15, 0.2) is 0 Å². The first-order chi connectivity index (χ1) is 7.35. The van der Waals surface area contributed by atoms with Gasteiger partial charge in [-0.1, -0.05) is 0 Å². The third-order valence-corrected chi connectivity index (χ3v) is 2.99. The Hall–Kier alpha value is -1.02. The van der Waals surface area contributed by atoms with Gasteiger partial charge in [0.1, 0.15) is 17.4 Å². The summed E-state index contributed by atoms with van der Waals surface area (Å²) >= 11 is 0.905. The van der Waals surface area contributed by atoms with Crippen molar-refractivity contribution in [3.8, 4) is 0 Å². The van der Waals surface area contributed by atoms with E-state index in [0.717, 1.165) is 16.4 Å². The van der Waals surface area contributed by atoms with Crippen LogP contribution in [0, 0.1) is 6.92 Å². The molecule has 0 unspecified atom stereocenters. The van der Waals surface area contributed by atoms with E-state index in [1.807, 2.05) is 0 Å². The van der Waals surface area contributed by atoms with Crippen LogP contribution in [0.4, 0.5) is 24.0 Å². The van der Waals surface area contributed by atoms with Crippen LogP contribution in [0.1, 0.15) is 5.56 Å². The van der Waals surface area contributed by atoms with Crippen molar-refractivity contribution in [3.63, 3.8) is 0 Å². The van der Waals surface area contributed by atoms with Crippen molar-refractivity contribution in [2.24, 2.45) is 0 Å². The van der Waals surface area contributed by atoms with Crippen molar-refractivity contribution >= 4 is 22.4 Å². The van der Waals surface area contributed by atoms with Crippen LogP contribution in [0.3, 0.4) is 0 Å². The van der Waals surface area contributed by atoms with E-state index in [-0.39, 0.29) is 19.0 Å². The lowest BCUT2D eigenvalue weighted by Gasteiger charge is -2.23. The maximum atomic E-state index is 12.3. The van der Waals surface area contributed by atoms with Crippen LogP contribution in [-0.4, -0.2) is 35.4 Å². The number of aliphatic hydroxyl groups is 1. The molecule has 3 N–H and O–H groups in total. The van der Waals surface area contributed by atoms with Crippen LogP contribution in [-0.2, 0) is 0 Å². The molecule has 0 amide bonds. The van der Waals surface area contributed by atoms with E-state index in [1.54, 1.807) is 6.92 Å². The molecule has 1 heterocycles. The van der Waals surface area contributed by atoms with Gasteiger partial charge < -0.3 is 15.7 Å². The van der Waals surface area contributed by atoms with Crippen LogP contribution in [0.2, 0.25) is 0 Å². The van der Waals surface area contributed by atoms with Gasteiger partial charge in [-0.3, -0.25) is 0 Å². The molecule has 1 rings (SSSR count). The van der Waals surface area contributed by atoms with Gasteiger partial charge in [-0.15, -0.1) is 0 Å². The molecule has 0 saturated heterocycles. The molecule has 0 bridgehead atoms. The van der Waals surface area contributed by atoms with Crippen molar-refractivity contribution in [1.29, 1.82) is 0 Å². The van der Waals surface area contributed by atoms with Gasteiger partial charge in [0.05, 0.1) is 6.61 Å². The molecular formula is C8H12F3N3OS. The highest BCUT2D eigenvalue weighted by Crippen LogP contribution is 2.31. The molecule has 4 nitrogen and oxygen atoms in total. The van der Waals surface area contributed by atoms with Gasteiger partial charge in [0, 0.05) is 12.1 Å². The van der Waals surface area contributed by atoms with E-state index >= 15 is 0 Å². The Bertz CT molecular complexity index is 353. The van der Waals surface area contributed by atoms with Crippen LogP contribution in [0.5, 0.6) is 0 Å². The molecule has 0 atom stereocenters. The van der Waals surface area contributed by atoms with E-state index in [0.29, 0.717) is 10.6 Å². The Morgan fingerprint density at radius 3 is 2.50 bits per heavy atom. The third kappa shape index (κ3) is 3.24. The van der Waals surface area contributed by atoms with Gasteiger partial charge in [-0.2, -0.15) is 17.5 Å². The maximum absolute atomic E-state index is 12.3. The number of hydrogen-bond acceptors (Lipinski definition) is 5. The molecule has 1 aromatic heterocycles.